The number of nitrogens with one attached hydrogen (secondary N) is 1. The summed E-state index contributed by atoms with van der Waals surface area (Å²) in [6.45, 7) is 4.81. The van der Waals surface area contributed by atoms with Gasteiger partial charge in [-0.05, 0) is 50.9 Å². The van der Waals surface area contributed by atoms with Gasteiger partial charge in [-0.25, -0.2) is 0 Å². The van der Waals surface area contributed by atoms with Crippen molar-refractivity contribution in [2.45, 2.75) is 70.0 Å². The standard InChI is InChI=1S/C15H29NO2/c1-2-13-6-8-15(17,9-7-13)12-16-11-14-5-3-4-10-18-14/h13-14,16-17H,2-12H2,1H3. The maximum Gasteiger partial charge on any atom is 0.0771 e. The Labute approximate surface area is 111 Å². The molecule has 3 heteroatoms. The van der Waals surface area contributed by atoms with Gasteiger partial charge in [-0.1, -0.05) is 13.3 Å². The van der Waals surface area contributed by atoms with Crippen molar-refractivity contribution in [3.63, 3.8) is 0 Å². The first-order valence-electron chi connectivity index (χ1n) is 7.76. The van der Waals surface area contributed by atoms with Gasteiger partial charge in [0.05, 0.1) is 11.7 Å². The first-order valence-corrected chi connectivity index (χ1v) is 7.76. The molecule has 1 aliphatic heterocycles. The summed E-state index contributed by atoms with van der Waals surface area (Å²) in [7, 11) is 0. The molecule has 0 bridgehead atoms. The topological polar surface area (TPSA) is 41.5 Å². The van der Waals surface area contributed by atoms with E-state index in [0.717, 1.165) is 38.5 Å². The van der Waals surface area contributed by atoms with Gasteiger partial charge in [-0.15, -0.1) is 0 Å². The van der Waals surface area contributed by atoms with Gasteiger partial charge in [0.25, 0.3) is 0 Å². The molecule has 1 saturated carbocycles. The number of ether oxygens (including phenoxy) is 1. The van der Waals surface area contributed by atoms with Gasteiger partial charge in [0.1, 0.15) is 0 Å². The van der Waals surface area contributed by atoms with E-state index < -0.39 is 5.60 Å². The van der Waals surface area contributed by atoms with Gasteiger partial charge in [0, 0.05) is 19.7 Å². The van der Waals surface area contributed by atoms with Crippen LogP contribution in [0.4, 0.5) is 0 Å². The minimum absolute atomic E-state index is 0.370. The molecule has 1 heterocycles. The Morgan fingerprint density at radius 2 is 2.00 bits per heavy atom. The molecule has 0 spiro atoms. The van der Waals surface area contributed by atoms with Crippen molar-refractivity contribution in [1.82, 2.24) is 5.32 Å². The number of hydrogen-bond donors (Lipinski definition) is 2. The highest BCUT2D eigenvalue weighted by Gasteiger charge is 2.32. The Balaban J connectivity index is 1.63. The summed E-state index contributed by atoms with van der Waals surface area (Å²) in [5.41, 5.74) is -0.458. The summed E-state index contributed by atoms with van der Waals surface area (Å²) in [4.78, 5) is 0. The van der Waals surface area contributed by atoms with Crippen LogP contribution in [0.3, 0.4) is 0 Å². The van der Waals surface area contributed by atoms with Gasteiger partial charge in [0.2, 0.25) is 0 Å². The number of rotatable bonds is 5. The molecule has 2 rings (SSSR count). The zero-order valence-electron chi connectivity index (χ0n) is 11.8. The first-order chi connectivity index (χ1) is 8.72. The minimum atomic E-state index is -0.458. The maximum absolute atomic E-state index is 10.5. The van der Waals surface area contributed by atoms with Crippen LogP contribution in [0, 0.1) is 5.92 Å². The Kier molecular flexibility index (Phi) is 5.46. The highest BCUT2D eigenvalue weighted by molar-refractivity contribution is 4.87. The van der Waals surface area contributed by atoms with Crippen molar-refractivity contribution >= 4 is 0 Å². The lowest BCUT2D eigenvalue weighted by atomic mass is 9.78. The molecular weight excluding hydrogens is 226 g/mol. The van der Waals surface area contributed by atoms with E-state index >= 15 is 0 Å². The van der Waals surface area contributed by atoms with Crippen LogP contribution >= 0.6 is 0 Å². The van der Waals surface area contributed by atoms with Gasteiger partial charge in [-0.2, -0.15) is 0 Å². The van der Waals surface area contributed by atoms with E-state index in [1.165, 1.54) is 38.5 Å². The third-order valence-corrected chi connectivity index (χ3v) is 4.71. The van der Waals surface area contributed by atoms with Gasteiger partial charge in [0.15, 0.2) is 0 Å². The molecule has 106 valence electrons. The lowest BCUT2D eigenvalue weighted by Crippen LogP contribution is -2.45. The highest BCUT2D eigenvalue weighted by atomic mass is 16.5. The van der Waals surface area contributed by atoms with Crippen molar-refractivity contribution in [3.8, 4) is 0 Å². The highest BCUT2D eigenvalue weighted by Crippen LogP contribution is 2.33. The fourth-order valence-corrected chi connectivity index (χ4v) is 3.23. The lowest BCUT2D eigenvalue weighted by Gasteiger charge is -2.36. The summed E-state index contributed by atoms with van der Waals surface area (Å²) in [5.74, 6) is 0.840. The normalized spacial score (nSPS) is 37.7. The molecule has 18 heavy (non-hydrogen) atoms. The zero-order chi connectivity index (χ0) is 12.8. The predicted molar refractivity (Wildman–Crippen MR) is 73.7 cm³/mol. The van der Waals surface area contributed by atoms with E-state index in [1.807, 2.05) is 0 Å². The smallest absolute Gasteiger partial charge is 0.0771 e. The van der Waals surface area contributed by atoms with Crippen LogP contribution in [0.2, 0.25) is 0 Å². The van der Waals surface area contributed by atoms with Crippen LogP contribution in [0.15, 0.2) is 0 Å². The fourth-order valence-electron chi connectivity index (χ4n) is 3.23. The second-order valence-corrected chi connectivity index (χ2v) is 6.20. The molecule has 1 aliphatic carbocycles. The molecule has 0 aromatic carbocycles. The monoisotopic (exact) mass is 255 g/mol. The fraction of sp³-hybridized carbons (Fsp3) is 1.00. The van der Waals surface area contributed by atoms with Crippen molar-refractivity contribution in [1.29, 1.82) is 0 Å². The van der Waals surface area contributed by atoms with E-state index in [4.69, 9.17) is 4.74 Å². The van der Waals surface area contributed by atoms with Crippen LogP contribution in [0.25, 0.3) is 0 Å². The van der Waals surface area contributed by atoms with Crippen molar-refractivity contribution < 1.29 is 9.84 Å². The molecule has 2 aliphatic rings. The molecule has 1 saturated heterocycles. The molecule has 0 aromatic rings. The second-order valence-electron chi connectivity index (χ2n) is 6.20. The van der Waals surface area contributed by atoms with E-state index in [0.29, 0.717) is 6.10 Å². The van der Waals surface area contributed by atoms with Crippen molar-refractivity contribution in [3.05, 3.63) is 0 Å². The van der Waals surface area contributed by atoms with Crippen LogP contribution in [-0.2, 0) is 4.74 Å². The largest absolute Gasteiger partial charge is 0.389 e. The molecule has 3 nitrogen and oxygen atoms in total. The van der Waals surface area contributed by atoms with Crippen LogP contribution in [0.1, 0.15) is 58.3 Å². The van der Waals surface area contributed by atoms with E-state index in [1.54, 1.807) is 0 Å². The Hall–Kier alpha value is -0.120. The molecular formula is C15H29NO2. The quantitative estimate of drug-likeness (QED) is 0.793. The van der Waals surface area contributed by atoms with Gasteiger partial charge < -0.3 is 15.2 Å². The summed E-state index contributed by atoms with van der Waals surface area (Å²) in [6, 6.07) is 0. The van der Waals surface area contributed by atoms with Crippen LogP contribution in [-0.4, -0.2) is 36.5 Å². The Bertz CT molecular complexity index is 231. The lowest BCUT2D eigenvalue weighted by molar-refractivity contribution is -0.0181. The number of aliphatic hydroxyl groups is 1. The molecule has 2 fully saturated rings. The third-order valence-electron chi connectivity index (χ3n) is 4.71. The van der Waals surface area contributed by atoms with E-state index in [9.17, 15) is 5.11 Å². The summed E-state index contributed by atoms with van der Waals surface area (Å²) >= 11 is 0. The summed E-state index contributed by atoms with van der Waals surface area (Å²) in [5, 5.41) is 13.9. The zero-order valence-corrected chi connectivity index (χ0v) is 11.8. The van der Waals surface area contributed by atoms with Crippen LogP contribution in [0.5, 0.6) is 0 Å². The maximum atomic E-state index is 10.5. The van der Waals surface area contributed by atoms with E-state index in [-0.39, 0.29) is 0 Å². The predicted octanol–water partition coefficient (Wildman–Crippen LogP) is 2.48. The third kappa shape index (κ3) is 4.22. The van der Waals surface area contributed by atoms with Gasteiger partial charge in [-0.3, -0.25) is 0 Å². The molecule has 1 unspecified atom stereocenters. The average Bonchev–Trinajstić information content (AvgIpc) is 2.41. The molecule has 1 atom stereocenters. The second kappa shape index (κ2) is 6.88. The van der Waals surface area contributed by atoms with Crippen LogP contribution < -0.4 is 5.32 Å². The SMILES string of the molecule is CCC1CCC(O)(CNCC2CCCCO2)CC1. The van der Waals surface area contributed by atoms with Gasteiger partial charge >= 0.3 is 0 Å². The molecule has 0 aromatic heterocycles. The minimum Gasteiger partial charge on any atom is -0.389 e. The molecule has 2 N–H and O–H groups in total. The van der Waals surface area contributed by atoms with E-state index in [2.05, 4.69) is 12.2 Å². The average molecular weight is 255 g/mol. The molecule has 0 radical (unpaired) electrons. The van der Waals surface area contributed by atoms with Crippen molar-refractivity contribution in [2.75, 3.05) is 19.7 Å². The first kappa shape index (κ1) is 14.3. The summed E-state index contributed by atoms with van der Waals surface area (Å²) in [6.07, 6.45) is 9.60. The Morgan fingerprint density at radius 1 is 1.22 bits per heavy atom. The Morgan fingerprint density at radius 3 is 2.61 bits per heavy atom. The number of hydrogen-bond acceptors (Lipinski definition) is 3. The summed E-state index contributed by atoms with van der Waals surface area (Å²) < 4.78 is 5.69. The molecule has 0 amide bonds. The van der Waals surface area contributed by atoms with Crippen molar-refractivity contribution in [2.24, 2.45) is 5.92 Å².